The fraction of sp³-hybridized carbons (Fsp3) is 0.258. The monoisotopic (exact) mass is 595 g/mol. The van der Waals surface area contributed by atoms with E-state index in [1.807, 2.05) is 54.6 Å². The van der Waals surface area contributed by atoms with Crippen LogP contribution in [0.4, 0.5) is 17.2 Å². The zero-order chi connectivity index (χ0) is 27.9. The molecule has 2 heterocycles. The molecule has 216 valence electrons. The van der Waals surface area contributed by atoms with Crippen molar-refractivity contribution in [1.29, 1.82) is 0 Å². The Morgan fingerprint density at radius 3 is 2.37 bits per heavy atom. The highest BCUT2D eigenvalue weighted by atomic mass is 35.5. The molecule has 0 saturated carbocycles. The van der Waals surface area contributed by atoms with Gasteiger partial charge in [-0.2, -0.15) is 0 Å². The molecule has 8 nitrogen and oxygen atoms in total. The maximum Gasteiger partial charge on any atom is 0.330 e. The number of aromatic nitrogens is 1. The molecular weight excluding hydrogens is 561 g/mol. The molecule has 0 radical (unpaired) electrons. The number of quaternary nitrogens is 1. The van der Waals surface area contributed by atoms with Gasteiger partial charge in [-0.15, -0.1) is 12.4 Å². The van der Waals surface area contributed by atoms with E-state index >= 15 is 0 Å². The van der Waals surface area contributed by atoms with Crippen molar-refractivity contribution in [3.8, 4) is 0 Å². The predicted molar refractivity (Wildman–Crippen MR) is 163 cm³/mol. The van der Waals surface area contributed by atoms with E-state index < -0.39 is 0 Å². The van der Waals surface area contributed by atoms with Crippen molar-refractivity contribution in [3.63, 3.8) is 0 Å². The first-order valence-electron chi connectivity index (χ1n) is 13.1. The molecule has 0 fully saturated rings. The van der Waals surface area contributed by atoms with E-state index in [1.165, 1.54) is 11.6 Å². The first-order valence-corrected chi connectivity index (χ1v) is 13.1. The molecule has 4 aromatic rings. The number of amides is 1. The molecule has 1 unspecified atom stereocenters. The molecular formula is C31H35Cl2N5O3. The maximum atomic E-state index is 13.4. The minimum atomic E-state index is -0.384. The van der Waals surface area contributed by atoms with Crippen LogP contribution in [0.5, 0.6) is 0 Å². The van der Waals surface area contributed by atoms with Crippen LogP contribution in [0.2, 0.25) is 0 Å². The number of hydrogen-bond acceptors (Lipinski definition) is 4. The van der Waals surface area contributed by atoms with Crippen molar-refractivity contribution in [2.24, 2.45) is 7.05 Å². The Balaban J connectivity index is 0.00000231. The van der Waals surface area contributed by atoms with Gasteiger partial charge >= 0.3 is 5.82 Å². The summed E-state index contributed by atoms with van der Waals surface area (Å²) in [7, 11) is 5.92. The largest absolute Gasteiger partial charge is 1.00 e. The highest BCUT2D eigenvalue weighted by Gasteiger charge is 2.32. The Labute approximate surface area is 252 Å². The molecule has 1 aliphatic rings. The first kappa shape index (κ1) is 31.7. The van der Waals surface area contributed by atoms with Gasteiger partial charge in [-0.25, -0.2) is 4.57 Å². The summed E-state index contributed by atoms with van der Waals surface area (Å²) in [5.74, 6) is -0.112. The topological polar surface area (TPSA) is 94.4 Å². The third kappa shape index (κ3) is 6.25. The van der Waals surface area contributed by atoms with Crippen molar-refractivity contribution in [1.82, 2.24) is 4.57 Å². The fourth-order valence-electron chi connectivity index (χ4n) is 5.82. The summed E-state index contributed by atoms with van der Waals surface area (Å²) >= 11 is 0. The van der Waals surface area contributed by atoms with Crippen molar-refractivity contribution in [2.75, 3.05) is 31.3 Å². The van der Waals surface area contributed by atoms with Gasteiger partial charge < -0.3 is 37.6 Å². The van der Waals surface area contributed by atoms with Gasteiger partial charge in [0, 0.05) is 41.2 Å². The quantitative estimate of drug-likeness (QED) is 0.117. The van der Waals surface area contributed by atoms with Gasteiger partial charge in [0.25, 0.3) is 5.91 Å². The van der Waals surface area contributed by atoms with Gasteiger partial charge in [0.1, 0.15) is 13.1 Å². The number of rotatable bonds is 7. The molecule has 2 N–H and O–H groups in total. The van der Waals surface area contributed by atoms with Crippen molar-refractivity contribution >= 4 is 52.4 Å². The van der Waals surface area contributed by atoms with E-state index in [0.717, 1.165) is 34.3 Å². The van der Waals surface area contributed by atoms with Gasteiger partial charge in [-0.3, -0.25) is 4.79 Å². The number of fused-ring (bicyclic) bond motifs is 3. The van der Waals surface area contributed by atoms with Crippen molar-refractivity contribution < 1.29 is 26.6 Å². The summed E-state index contributed by atoms with van der Waals surface area (Å²) in [5.41, 5.74) is 11.3. The van der Waals surface area contributed by atoms with E-state index in [0.29, 0.717) is 28.8 Å². The number of nitrogens with two attached hydrogens (primary N) is 1. The average Bonchev–Trinajstić information content (AvgIpc) is 3.38. The van der Waals surface area contributed by atoms with Gasteiger partial charge in [0.05, 0.1) is 32.4 Å². The van der Waals surface area contributed by atoms with Crippen LogP contribution in [0, 0.1) is 10.1 Å². The van der Waals surface area contributed by atoms with Crippen molar-refractivity contribution in [3.05, 3.63) is 105 Å². The SMILES string of the molecule is CC1CN(C(=O)/C=C/c2cc(C[N+](C)(C)Cc3ccccc3)n(C)c2[N+](=O)[O-])c2cc(N)c3ccccc3c21.Cl.[Cl-]. The average molecular weight is 597 g/mol. The lowest BCUT2D eigenvalue weighted by molar-refractivity contribution is -0.917. The molecule has 1 aliphatic heterocycles. The minimum absolute atomic E-state index is 0. The Morgan fingerprint density at radius 2 is 1.71 bits per heavy atom. The number of nitro groups is 1. The van der Waals surface area contributed by atoms with Crippen LogP contribution in [0.15, 0.2) is 72.8 Å². The standard InChI is InChI=1S/C31H34N5O3.2ClH/c1-21-18-34(28-17-27(32)25-12-8-9-13-26(25)30(21)28)29(37)15-14-23-16-24(33(2)31(23)35(38)39)20-36(3,4)19-22-10-6-5-7-11-22;;/h5-17,21H,18-20,32H2,1-4H3;2*1H/q+1;;/p-1/b15-14+;;. The number of carbonyl (C=O) groups is 1. The van der Waals surface area contributed by atoms with E-state index in [2.05, 4.69) is 33.2 Å². The van der Waals surface area contributed by atoms with Crippen LogP contribution in [-0.4, -0.2) is 40.5 Å². The fourth-order valence-corrected chi connectivity index (χ4v) is 5.82. The van der Waals surface area contributed by atoms with Crippen molar-refractivity contribution in [2.45, 2.75) is 25.9 Å². The normalized spacial score (nSPS) is 14.5. The molecule has 1 aromatic heterocycles. The third-order valence-electron chi connectivity index (χ3n) is 7.55. The second-order valence-electron chi connectivity index (χ2n) is 11.1. The number of nitrogens with zero attached hydrogens (tertiary/aromatic N) is 4. The number of carbonyl (C=O) groups excluding carboxylic acids is 1. The van der Waals surface area contributed by atoms with Crippen LogP contribution in [0.1, 0.15) is 35.2 Å². The lowest BCUT2D eigenvalue weighted by Gasteiger charge is -2.29. The third-order valence-corrected chi connectivity index (χ3v) is 7.55. The van der Waals surface area contributed by atoms with Crippen LogP contribution in [0.25, 0.3) is 16.8 Å². The van der Waals surface area contributed by atoms with Gasteiger partial charge in [0.2, 0.25) is 0 Å². The van der Waals surface area contributed by atoms with Crippen LogP contribution >= 0.6 is 12.4 Å². The van der Waals surface area contributed by atoms with Crippen LogP contribution < -0.4 is 23.0 Å². The summed E-state index contributed by atoms with van der Waals surface area (Å²) in [6.45, 7) is 4.01. The molecule has 41 heavy (non-hydrogen) atoms. The maximum absolute atomic E-state index is 13.4. The van der Waals surface area contributed by atoms with Gasteiger partial charge in [-0.05, 0) is 28.0 Å². The molecule has 0 bridgehead atoms. The van der Waals surface area contributed by atoms with E-state index in [9.17, 15) is 14.9 Å². The minimum Gasteiger partial charge on any atom is -1.00 e. The van der Waals surface area contributed by atoms with Crippen LogP contribution in [-0.2, 0) is 24.9 Å². The molecule has 5 rings (SSSR count). The van der Waals surface area contributed by atoms with Crippen LogP contribution in [0.3, 0.4) is 0 Å². The van der Waals surface area contributed by atoms with Gasteiger partial charge in [0.15, 0.2) is 5.69 Å². The molecule has 1 atom stereocenters. The summed E-state index contributed by atoms with van der Waals surface area (Å²) in [5, 5.41) is 14.1. The van der Waals surface area contributed by atoms with E-state index in [1.54, 1.807) is 22.6 Å². The highest BCUT2D eigenvalue weighted by Crippen LogP contribution is 2.43. The number of nitrogen functional groups attached to an aromatic ring is 1. The lowest BCUT2D eigenvalue weighted by Crippen LogP contribution is -3.00. The smallest absolute Gasteiger partial charge is 0.330 e. The number of halogens is 2. The summed E-state index contributed by atoms with van der Waals surface area (Å²) < 4.78 is 2.24. The zero-order valence-corrected chi connectivity index (χ0v) is 25.2. The number of benzene rings is 3. The molecule has 0 saturated heterocycles. The Bertz CT molecular complexity index is 1620. The Hall–Kier alpha value is -3.85. The Morgan fingerprint density at radius 1 is 1.07 bits per heavy atom. The Kier molecular flexibility index (Phi) is 9.54. The zero-order valence-electron chi connectivity index (χ0n) is 23.6. The lowest BCUT2D eigenvalue weighted by atomic mass is 9.95. The molecule has 10 heteroatoms. The number of anilines is 2. The molecule has 1 amide bonds. The predicted octanol–water partition coefficient (Wildman–Crippen LogP) is 3.03. The molecule has 0 spiro atoms. The second kappa shape index (κ2) is 12.3. The summed E-state index contributed by atoms with van der Waals surface area (Å²) in [6, 6.07) is 21.8. The molecule has 0 aliphatic carbocycles. The number of hydrogen-bond donors (Lipinski definition) is 1. The summed E-state index contributed by atoms with van der Waals surface area (Å²) in [6.07, 6.45) is 3.00. The highest BCUT2D eigenvalue weighted by molar-refractivity contribution is 6.10. The van der Waals surface area contributed by atoms with E-state index in [4.69, 9.17) is 5.73 Å². The van der Waals surface area contributed by atoms with Gasteiger partial charge in [-0.1, -0.05) is 61.5 Å². The summed E-state index contributed by atoms with van der Waals surface area (Å²) in [4.78, 5) is 26.7. The first-order chi connectivity index (χ1) is 18.6. The van der Waals surface area contributed by atoms with E-state index in [-0.39, 0.29) is 47.4 Å². The second-order valence-corrected chi connectivity index (χ2v) is 11.1. The molecule has 3 aromatic carbocycles.